The molecule has 6 heteroatoms. The normalized spacial score (nSPS) is 12.9. The van der Waals surface area contributed by atoms with Crippen LogP contribution < -0.4 is 22.1 Å². The number of rotatable bonds is 9. The molecule has 0 saturated carbocycles. The van der Waals surface area contributed by atoms with Crippen molar-refractivity contribution in [3.63, 3.8) is 0 Å². The molecular formula is C24H28N4O2. The monoisotopic (exact) mass is 404 g/mol. The number of hydrogen-bond acceptors (Lipinski definition) is 4. The topological polar surface area (TPSA) is 110 Å². The third kappa shape index (κ3) is 5.89. The molecule has 0 spiro atoms. The standard InChI is InChI=1S/C24H28N4O2/c25-14-6-11-21(26)23(29)28-22(15-17-7-2-1-3-8-17)24(30)27-20-13-12-18-9-4-5-10-19(18)16-20/h1-5,7-10,12-13,16,21-22H,6,11,14-15,25-26H2,(H,27,30)(H,28,29)/t21-,22-/m1/s1. The first-order valence-electron chi connectivity index (χ1n) is 10.2. The van der Waals surface area contributed by atoms with Crippen LogP contribution in [0.1, 0.15) is 18.4 Å². The van der Waals surface area contributed by atoms with Gasteiger partial charge in [0.2, 0.25) is 11.8 Å². The van der Waals surface area contributed by atoms with Crippen molar-refractivity contribution < 1.29 is 9.59 Å². The van der Waals surface area contributed by atoms with Gasteiger partial charge in [0.05, 0.1) is 6.04 Å². The number of benzene rings is 3. The quantitative estimate of drug-likeness (QED) is 0.439. The largest absolute Gasteiger partial charge is 0.343 e. The van der Waals surface area contributed by atoms with Crippen molar-refractivity contribution in [2.24, 2.45) is 11.5 Å². The van der Waals surface area contributed by atoms with E-state index in [1.165, 1.54) is 0 Å². The maximum Gasteiger partial charge on any atom is 0.247 e. The number of nitrogens with one attached hydrogen (secondary N) is 2. The Bertz CT molecular complexity index is 991. The molecule has 0 aliphatic rings. The number of carbonyl (C=O) groups excluding carboxylic acids is 2. The van der Waals surface area contributed by atoms with Crippen LogP contribution in [0.3, 0.4) is 0 Å². The molecule has 156 valence electrons. The molecule has 0 aromatic heterocycles. The lowest BCUT2D eigenvalue weighted by molar-refractivity contribution is -0.127. The number of nitrogens with two attached hydrogens (primary N) is 2. The molecule has 6 N–H and O–H groups in total. The Hall–Kier alpha value is -3.22. The van der Waals surface area contributed by atoms with Crippen LogP contribution in [0.5, 0.6) is 0 Å². The Balaban J connectivity index is 1.75. The maximum atomic E-state index is 13.0. The minimum atomic E-state index is -0.740. The summed E-state index contributed by atoms with van der Waals surface area (Å²) in [6.07, 6.45) is 1.50. The number of amides is 2. The first kappa shape index (κ1) is 21.5. The highest BCUT2D eigenvalue weighted by Crippen LogP contribution is 2.19. The molecule has 3 aromatic rings. The van der Waals surface area contributed by atoms with Crippen LogP contribution in [-0.2, 0) is 16.0 Å². The second-order valence-electron chi connectivity index (χ2n) is 7.34. The van der Waals surface area contributed by atoms with E-state index in [0.29, 0.717) is 31.5 Å². The maximum absolute atomic E-state index is 13.0. The summed E-state index contributed by atoms with van der Waals surface area (Å²) in [4.78, 5) is 25.6. The molecule has 0 bridgehead atoms. The van der Waals surface area contributed by atoms with Gasteiger partial charge in [0.25, 0.3) is 0 Å². The molecule has 30 heavy (non-hydrogen) atoms. The fraction of sp³-hybridized carbons (Fsp3) is 0.250. The van der Waals surface area contributed by atoms with Gasteiger partial charge in [0.1, 0.15) is 6.04 Å². The molecule has 0 fully saturated rings. The average molecular weight is 405 g/mol. The summed E-state index contributed by atoms with van der Waals surface area (Å²) in [7, 11) is 0. The zero-order valence-electron chi connectivity index (χ0n) is 16.9. The molecule has 6 nitrogen and oxygen atoms in total. The van der Waals surface area contributed by atoms with Gasteiger partial charge in [-0.2, -0.15) is 0 Å². The van der Waals surface area contributed by atoms with Crippen molar-refractivity contribution in [1.82, 2.24) is 5.32 Å². The molecule has 0 radical (unpaired) electrons. The lowest BCUT2D eigenvalue weighted by Crippen LogP contribution is -2.51. The van der Waals surface area contributed by atoms with Crippen LogP contribution >= 0.6 is 0 Å². The lowest BCUT2D eigenvalue weighted by atomic mass is 10.0. The first-order chi connectivity index (χ1) is 14.6. The van der Waals surface area contributed by atoms with Crippen molar-refractivity contribution in [3.05, 3.63) is 78.4 Å². The van der Waals surface area contributed by atoms with Gasteiger partial charge in [-0.3, -0.25) is 9.59 Å². The van der Waals surface area contributed by atoms with Gasteiger partial charge in [-0.1, -0.05) is 60.7 Å². The third-order valence-corrected chi connectivity index (χ3v) is 4.99. The highest BCUT2D eigenvalue weighted by molar-refractivity contribution is 5.99. The van der Waals surface area contributed by atoms with Crippen LogP contribution in [0.2, 0.25) is 0 Å². The Morgan fingerprint density at radius 3 is 2.30 bits per heavy atom. The fourth-order valence-electron chi connectivity index (χ4n) is 3.30. The summed E-state index contributed by atoms with van der Waals surface area (Å²) in [6.45, 7) is 0.469. The van der Waals surface area contributed by atoms with Gasteiger partial charge < -0.3 is 22.1 Å². The Kier molecular flexibility index (Phi) is 7.54. The average Bonchev–Trinajstić information content (AvgIpc) is 2.77. The molecule has 0 aliphatic carbocycles. The summed E-state index contributed by atoms with van der Waals surface area (Å²) < 4.78 is 0. The van der Waals surface area contributed by atoms with E-state index in [1.54, 1.807) is 0 Å². The number of anilines is 1. The summed E-state index contributed by atoms with van der Waals surface area (Å²) in [5.74, 6) is -0.633. The van der Waals surface area contributed by atoms with E-state index < -0.39 is 12.1 Å². The van der Waals surface area contributed by atoms with E-state index in [0.717, 1.165) is 16.3 Å². The third-order valence-electron chi connectivity index (χ3n) is 4.99. The molecule has 0 unspecified atom stereocenters. The van der Waals surface area contributed by atoms with Crippen molar-refractivity contribution >= 4 is 28.3 Å². The molecule has 3 aromatic carbocycles. The predicted octanol–water partition coefficient (Wildman–Crippen LogP) is 2.57. The Morgan fingerprint density at radius 2 is 1.57 bits per heavy atom. The molecular weight excluding hydrogens is 376 g/mol. The first-order valence-corrected chi connectivity index (χ1v) is 10.2. The SMILES string of the molecule is NCCC[C@@H](N)C(=O)N[C@H](Cc1ccccc1)C(=O)Nc1ccc2ccccc2c1. The van der Waals surface area contributed by atoms with Gasteiger partial charge in [-0.05, 0) is 47.9 Å². The molecule has 0 saturated heterocycles. The summed E-state index contributed by atoms with van der Waals surface area (Å²) in [6, 6.07) is 21.8. The van der Waals surface area contributed by atoms with E-state index >= 15 is 0 Å². The van der Waals surface area contributed by atoms with Gasteiger partial charge >= 0.3 is 0 Å². The van der Waals surface area contributed by atoms with Crippen molar-refractivity contribution in [2.75, 3.05) is 11.9 Å². The van der Waals surface area contributed by atoms with Crippen molar-refractivity contribution in [3.8, 4) is 0 Å². The van der Waals surface area contributed by atoms with E-state index in [1.807, 2.05) is 72.8 Å². The molecule has 3 rings (SSSR count). The van der Waals surface area contributed by atoms with E-state index in [4.69, 9.17) is 11.5 Å². The second-order valence-corrected chi connectivity index (χ2v) is 7.34. The molecule has 2 atom stereocenters. The summed E-state index contributed by atoms with van der Waals surface area (Å²) in [5.41, 5.74) is 13.1. The number of hydrogen-bond donors (Lipinski definition) is 4. The predicted molar refractivity (Wildman–Crippen MR) is 121 cm³/mol. The van der Waals surface area contributed by atoms with E-state index in [2.05, 4.69) is 10.6 Å². The Labute approximate surface area is 176 Å². The minimum absolute atomic E-state index is 0.284. The van der Waals surface area contributed by atoms with Crippen LogP contribution in [0, 0.1) is 0 Å². The summed E-state index contributed by atoms with van der Waals surface area (Å²) in [5, 5.41) is 7.87. The van der Waals surface area contributed by atoms with Gasteiger partial charge in [0.15, 0.2) is 0 Å². The Morgan fingerprint density at radius 1 is 0.867 bits per heavy atom. The second kappa shape index (κ2) is 10.5. The molecule has 0 aliphatic heterocycles. The molecule has 0 heterocycles. The van der Waals surface area contributed by atoms with Crippen LogP contribution in [-0.4, -0.2) is 30.4 Å². The number of fused-ring (bicyclic) bond motifs is 1. The highest BCUT2D eigenvalue weighted by atomic mass is 16.2. The van der Waals surface area contributed by atoms with Gasteiger partial charge in [0, 0.05) is 12.1 Å². The van der Waals surface area contributed by atoms with E-state index in [-0.39, 0.29) is 11.8 Å². The van der Waals surface area contributed by atoms with Crippen molar-refractivity contribution in [2.45, 2.75) is 31.3 Å². The smallest absolute Gasteiger partial charge is 0.247 e. The number of carbonyl (C=O) groups is 2. The van der Waals surface area contributed by atoms with Crippen molar-refractivity contribution in [1.29, 1.82) is 0 Å². The minimum Gasteiger partial charge on any atom is -0.343 e. The van der Waals surface area contributed by atoms with Gasteiger partial charge in [-0.15, -0.1) is 0 Å². The zero-order valence-corrected chi connectivity index (χ0v) is 16.9. The zero-order chi connectivity index (χ0) is 21.3. The summed E-state index contributed by atoms with van der Waals surface area (Å²) >= 11 is 0. The van der Waals surface area contributed by atoms with Crippen LogP contribution in [0.4, 0.5) is 5.69 Å². The van der Waals surface area contributed by atoms with Crippen LogP contribution in [0.15, 0.2) is 72.8 Å². The van der Waals surface area contributed by atoms with Gasteiger partial charge in [-0.25, -0.2) is 0 Å². The lowest BCUT2D eigenvalue weighted by Gasteiger charge is -2.21. The van der Waals surface area contributed by atoms with E-state index in [9.17, 15) is 9.59 Å². The highest BCUT2D eigenvalue weighted by Gasteiger charge is 2.24. The molecule has 2 amide bonds. The van der Waals surface area contributed by atoms with Crippen LogP contribution in [0.25, 0.3) is 10.8 Å². The fourth-order valence-corrected chi connectivity index (χ4v) is 3.30.